The first-order chi connectivity index (χ1) is 12.4. The molecule has 2 aliphatic carbocycles. The number of halogens is 3. The monoisotopic (exact) mass is 369 g/mol. The standard InChI is InChI=1S/C17H22F3N5O/c1-3-26-12-10-11(16(12)8-4-5-9-16)24(2)14-7-6-13-21-22-15(17(18,19)20)25(13)23-14/h6-7,11-12H,3-5,8-10H2,1-2H3. The van der Waals surface area contributed by atoms with Gasteiger partial charge in [0.25, 0.3) is 5.82 Å². The Balaban J connectivity index is 1.65. The summed E-state index contributed by atoms with van der Waals surface area (Å²) in [5, 5.41) is 11.0. The van der Waals surface area contributed by atoms with Crippen molar-refractivity contribution in [1.29, 1.82) is 0 Å². The molecule has 9 heteroatoms. The van der Waals surface area contributed by atoms with Gasteiger partial charge in [-0.1, -0.05) is 12.8 Å². The smallest absolute Gasteiger partial charge is 0.378 e. The minimum absolute atomic E-state index is 0.0848. The number of alkyl halides is 3. The molecule has 2 aromatic heterocycles. The van der Waals surface area contributed by atoms with E-state index in [1.807, 2.05) is 18.9 Å². The summed E-state index contributed by atoms with van der Waals surface area (Å²) in [5.74, 6) is -0.604. The van der Waals surface area contributed by atoms with Crippen LogP contribution in [0.4, 0.5) is 19.0 Å². The number of aromatic nitrogens is 4. The van der Waals surface area contributed by atoms with Crippen LogP contribution in [-0.4, -0.2) is 45.6 Å². The van der Waals surface area contributed by atoms with Crippen molar-refractivity contribution in [3.05, 3.63) is 18.0 Å². The number of anilines is 1. The number of rotatable bonds is 4. The summed E-state index contributed by atoms with van der Waals surface area (Å²) in [6.45, 7) is 2.68. The Bertz CT molecular complexity index is 799. The fourth-order valence-electron chi connectivity index (χ4n) is 4.70. The summed E-state index contributed by atoms with van der Waals surface area (Å²) in [6.07, 6.45) is 1.04. The number of nitrogens with zero attached hydrogens (tertiary/aromatic N) is 5. The maximum absolute atomic E-state index is 13.1. The van der Waals surface area contributed by atoms with Gasteiger partial charge < -0.3 is 9.64 Å². The molecule has 0 N–H and O–H groups in total. The second-order valence-corrected chi connectivity index (χ2v) is 7.23. The van der Waals surface area contributed by atoms with Gasteiger partial charge in [-0.05, 0) is 38.3 Å². The first-order valence-corrected chi connectivity index (χ1v) is 9.01. The number of fused-ring (bicyclic) bond motifs is 1. The van der Waals surface area contributed by atoms with E-state index in [4.69, 9.17) is 4.74 Å². The Morgan fingerprint density at radius 1 is 1.27 bits per heavy atom. The Morgan fingerprint density at radius 3 is 2.65 bits per heavy atom. The van der Waals surface area contributed by atoms with Crippen LogP contribution in [0.15, 0.2) is 12.1 Å². The van der Waals surface area contributed by atoms with Crippen LogP contribution in [0.5, 0.6) is 0 Å². The van der Waals surface area contributed by atoms with E-state index in [9.17, 15) is 13.2 Å². The van der Waals surface area contributed by atoms with E-state index in [0.29, 0.717) is 12.4 Å². The van der Waals surface area contributed by atoms with E-state index in [2.05, 4.69) is 15.3 Å². The first kappa shape index (κ1) is 17.5. The van der Waals surface area contributed by atoms with Crippen LogP contribution < -0.4 is 4.90 Å². The molecule has 2 saturated carbocycles. The number of hydrogen-bond donors (Lipinski definition) is 0. The van der Waals surface area contributed by atoms with E-state index >= 15 is 0 Å². The Labute approximate surface area is 149 Å². The van der Waals surface area contributed by atoms with Gasteiger partial charge in [-0.3, -0.25) is 0 Å². The molecule has 2 unspecified atom stereocenters. The highest BCUT2D eigenvalue weighted by atomic mass is 19.4. The molecule has 2 aromatic rings. The zero-order valence-electron chi connectivity index (χ0n) is 14.8. The van der Waals surface area contributed by atoms with Gasteiger partial charge in [0, 0.05) is 25.1 Å². The van der Waals surface area contributed by atoms with Crippen LogP contribution >= 0.6 is 0 Å². The predicted molar refractivity (Wildman–Crippen MR) is 88.9 cm³/mol. The van der Waals surface area contributed by atoms with E-state index in [0.717, 1.165) is 23.8 Å². The van der Waals surface area contributed by atoms with E-state index in [1.54, 1.807) is 6.07 Å². The van der Waals surface area contributed by atoms with Crippen LogP contribution in [0.2, 0.25) is 0 Å². The average molecular weight is 369 g/mol. The Kier molecular flexibility index (Phi) is 4.09. The summed E-state index contributed by atoms with van der Waals surface area (Å²) in [7, 11) is 1.90. The van der Waals surface area contributed by atoms with Crippen molar-refractivity contribution in [1.82, 2.24) is 19.8 Å². The topological polar surface area (TPSA) is 55.5 Å². The highest BCUT2D eigenvalue weighted by Gasteiger charge is 2.58. The number of ether oxygens (including phenoxy) is 1. The zero-order chi connectivity index (χ0) is 18.5. The summed E-state index contributed by atoms with van der Waals surface area (Å²) in [6, 6.07) is 3.46. The van der Waals surface area contributed by atoms with Crippen molar-refractivity contribution >= 4 is 11.5 Å². The molecule has 0 aromatic carbocycles. The van der Waals surface area contributed by atoms with E-state index in [1.165, 1.54) is 18.9 Å². The SMILES string of the molecule is CCOC1CC(N(C)c2ccc3nnc(C(F)(F)F)n3n2)C12CCCC2. The Morgan fingerprint density at radius 2 is 2.00 bits per heavy atom. The zero-order valence-corrected chi connectivity index (χ0v) is 14.8. The maximum atomic E-state index is 13.1. The van der Waals surface area contributed by atoms with Gasteiger partial charge in [-0.25, -0.2) is 0 Å². The van der Waals surface area contributed by atoms with Crippen LogP contribution in [0.3, 0.4) is 0 Å². The molecular formula is C17H22F3N5O. The van der Waals surface area contributed by atoms with Gasteiger partial charge in [0.05, 0.1) is 6.10 Å². The van der Waals surface area contributed by atoms with Gasteiger partial charge >= 0.3 is 6.18 Å². The molecule has 0 radical (unpaired) electrons. The third-order valence-electron chi connectivity index (χ3n) is 5.98. The Hall–Kier alpha value is -1.90. The van der Waals surface area contributed by atoms with Gasteiger partial charge in [0.15, 0.2) is 5.65 Å². The average Bonchev–Trinajstić information content (AvgIpc) is 3.24. The quantitative estimate of drug-likeness (QED) is 0.828. The lowest BCUT2D eigenvalue weighted by Gasteiger charge is -2.57. The van der Waals surface area contributed by atoms with Crippen LogP contribution in [0.25, 0.3) is 5.65 Å². The fourth-order valence-corrected chi connectivity index (χ4v) is 4.70. The fraction of sp³-hybridized carbons (Fsp3) is 0.706. The van der Waals surface area contributed by atoms with Crippen molar-refractivity contribution in [2.24, 2.45) is 5.41 Å². The molecule has 0 saturated heterocycles. The summed E-state index contributed by atoms with van der Waals surface area (Å²) >= 11 is 0. The van der Waals surface area contributed by atoms with Crippen LogP contribution in [-0.2, 0) is 10.9 Å². The van der Waals surface area contributed by atoms with Gasteiger partial charge in [-0.2, -0.15) is 17.7 Å². The van der Waals surface area contributed by atoms with Crippen molar-refractivity contribution in [2.45, 2.75) is 57.3 Å². The molecule has 6 nitrogen and oxygen atoms in total. The molecule has 1 spiro atoms. The lowest BCUT2D eigenvalue weighted by molar-refractivity contribution is -0.146. The second kappa shape index (κ2) is 6.07. The lowest BCUT2D eigenvalue weighted by atomic mass is 9.60. The highest BCUT2D eigenvalue weighted by Crippen LogP contribution is 2.56. The van der Waals surface area contributed by atoms with Crippen LogP contribution in [0.1, 0.15) is 44.9 Å². The van der Waals surface area contributed by atoms with Gasteiger partial charge in [0.1, 0.15) is 5.82 Å². The molecule has 2 heterocycles. The van der Waals surface area contributed by atoms with Crippen molar-refractivity contribution < 1.29 is 17.9 Å². The largest absolute Gasteiger partial charge is 0.453 e. The molecule has 0 aliphatic heterocycles. The summed E-state index contributed by atoms with van der Waals surface area (Å²) in [5.41, 5.74) is 0.174. The minimum Gasteiger partial charge on any atom is -0.378 e. The lowest BCUT2D eigenvalue weighted by Crippen LogP contribution is -2.63. The predicted octanol–water partition coefficient (Wildman–Crippen LogP) is 3.32. The third kappa shape index (κ3) is 2.55. The first-order valence-electron chi connectivity index (χ1n) is 9.01. The highest BCUT2D eigenvalue weighted by molar-refractivity contribution is 5.47. The summed E-state index contributed by atoms with van der Waals surface area (Å²) < 4.78 is 46.0. The maximum Gasteiger partial charge on any atom is 0.453 e. The molecule has 0 amide bonds. The van der Waals surface area contributed by atoms with Gasteiger partial charge in [0.2, 0.25) is 0 Å². The molecule has 2 fully saturated rings. The molecule has 142 valence electrons. The van der Waals surface area contributed by atoms with E-state index < -0.39 is 12.0 Å². The molecule has 2 atom stereocenters. The number of hydrogen-bond acceptors (Lipinski definition) is 5. The van der Waals surface area contributed by atoms with Crippen molar-refractivity contribution in [3.63, 3.8) is 0 Å². The molecule has 4 rings (SSSR count). The molecule has 0 bridgehead atoms. The summed E-state index contributed by atoms with van der Waals surface area (Å²) in [4.78, 5) is 2.00. The normalized spacial score (nSPS) is 25.0. The molecule has 2 aliphatic rings. The van der Waals surface area contributed by atoms with Crippen molar-refractivity contribution in [3.8, 4) is 0 Å². The molecule has 26 heavy (non-hydrogen) atoms. The van der Waals surface area contributed by atoms with E-state index in [-0.39, 0.29) is 23.2 Å². The van der Waals surface area contributed by atoms with Crippen molar-refractivity contribution in [2.75, 3.05) is 18.6 Å². The third-order valence-corrected chi connectivity index (χ3v) is 5.98. The van der Waals surface area contributed by atoms with Gasteiger partial charge in [-0.15, -0.1) is 15.3 Å². The molecular weight excluding hydrogens is 347 g/mol. The minimum atomic E-state index is -4.59. The van der Waals surface area contributed by atoms with Crippen LogP contribution in [0, 0.1) is 5.41 Å². The second-order valence-electron chi connectivity index (χ2n) is 7.23.